The highest BCUT2D eigenvalue weighted by Crippen LogP contribution is 2.47. The second-order valence-corrected chi connectivity index (χ2v) is 12.2. The molecular formula is C23H28Si. The maximum absolute atomic E-state index is 2.67. The van der Waals surface area contributed by atoms with Crippen molar-refractivity contribution in [2.75, 3.05) is 0 Å². The minimum atomic E-state index is -1.73. The van der Waals surface area contributed by atoms with Crippen LogP contribution in [0.25, 0.3) is 5.20 Å². The number of fused-ring (bicyclic) bond motifs is 1. The molecule has 2 aliphatic carbocycles. The lowest BCUT2D eigenvalue weighted by molar-refractivity contribution is 0.495. The highest BCUT2D eigenvalue weighted by molar-refractivity contribution is 7.06. The standard InChI is InChI=1S/C23H28Si/c1-18-17-19-11-9-10-16-22(19)23(18)24(2,20-12-5-3-6-13-20)21-14-7-4-8-15-21/h3,5-6,9-13,16,21H,4,7-8,14-15,17H2,1-2H3. The van der Waals surface area contributed by atoms with Crippen molar-refractivity contribution in [3.05, 3.63) is 71.3 Å². The highest BCUT2D eigenvalue weighted by atomic mass is 28.3. The van der Waals surface area contributed by atoms with E-state index in [9.17, 15) is 0 Å². The maximum atomic E-state index is 2.67. The minimum absolute atomic E-state index is 0.893. The molecule has 1 unspecified atom stereocenters. The van der Waals surface area contributed by atoms with Gasteiger partial charge in [-0.3, -0.25) is 0 Å². The monoisotopic (exact) mass is 332 g/mol. The number of hydrogen-bond acceptors (Lipinski definition) is 0. The van der Waals surface area contributed by atoms with Gasteiger partial charge in [0.25, 0.3) is 0 Å². The average Bonchev–Trinajstić information content (AvgIpc) is 2.99. The van der Waals surface area contributed by atoms with Crippen LogP contribution in [0.2, 0.25) is 12.1 Å². The number of hydrogen-bond donors (Lipinski definition) is 0. The van der Waals surface area contributed by atoms with E-state index in [1.54, 1.807) is 27.1 Å². The lowest BCUT2D eigenvalue weighted by Gasteiger charge is -2.41. The average molecular weight is 333 g/mol. The van der Waals surface area contributed by atoms with Gasteiger partial charge in [-0.25, -0.2) is 0 Å². The predicted octanol–water partition coefficient (Wildman–Crippen LogP) is 5.88. The fraction of sp³-hybridized carbons (Fsp3) is 0.391. The molecule has 0 N–H and O–H groups in total. The van der Waals surface area contributed by atoms with Crippen LogP contribution >= 0.6 is 0 Å². The van der Waals surface area contributed by atoms with Crippen molar-refractivity contribution in [3.8, 4) is 0 Å². The first-order valence-corrected chi connectivity index (χ1v) is 12.1. The smallest absolute Gasteiger partial charge is 0.0686 e. The molecule has 0 radical (unpaired) electrons. The number of benzene rings is 2. The van der Waals surface area contributed by atoms with Crippen molar-refractivity contribution in [2.45, 2.75) is 57.5 Å². The summed E-state index contributed by atoms with van der Waals surface area (Å²) in [6.45, 7) is 5.06. The molecule has 0 bridgehead atoms. The van der Waals surface area contributed by atoms with Crippen LogP contribution in [0.15, 0.2) is 60.2 Å². The van der Waals surface area contributed by atoms with Gasteiger partial charge < -0.3 is 0 Å². The summed E-state index contributed by atoms with van der Waals surface area (Å²) in [5, 5.41) is 3.40. The molecule has 0 heterocycles. The lowest BCUT2D eigenvalue weighted by atomic mass is 10.0. The molecule has 1 fully saturated rings. The van der Waals surface area contributed by atoms with E-state index in [2.05, 4.69) is 68.1 Å². The summed E-state index contributed by atoms with van der Waals surface area (Å²) in [7, 11) is -1.73. The van der Waals surface area contributed by atoms with E-state index in [-0.39, 0.29) is 0 Å². The molecule has 0 amide bonds. The Morgan fingerprint density at radius 2 is 1.50 bits per heavy atom. The van der Waals surface area contributed by atoms with Crippen LogP contribution in [-0.4, -0.2) is 8.07 Å². The third-order valence-corrected chi connectivity index (χ3v) is 12.0. The fourth-order valence-corrected chi connectivity index (χ4v) is 10.7. The molecular weight excluding hydrogens is 304 g/mol. The van der Waals surface area contributed by atoms with E-state index in [1.807, 2.05) is 0 Å². The van der Waals surface area contributed by atoms with Gasteiger partial charge in [-0.15, -0.1) is 0 Å². The quantitative estimate of drug-likeness (QED) is 0.616. The Labute approximate surface area is 147 Å². The van der Waals surface area contributed by atoms with Gasteiger partial charge in [0.15, 0.2) is 0 Å². The minimum Gasteiger partial charge on any atom is -0.0686 e. The van der Waals surface area contributed by atoms with Gasteiger partial charge in [0.2, 0.25) is 0 Å². The van der Waals surface area contributed by atoms with Crippen molar-refractivity contribution in [2.24, 2.45) is 0 Å². The van der Waals surface area contributed by atoms with Crippen LogP contribution in [-0.2, 0) is 6.42 Å². The number of allylic oxidation sites excluding steroid dienone is 1. The zero-order chi connectivity index (χ0) is 16.6. The molecule has 4 rings (SSSR count). The zero-order valence-corrected chi connectivity index (χ0v) is 16.0. The van der Waals surface area contributed by atoms with Crippen molar-refractivity contribution < 1.29 is 0 Å². The van der Waals surface area contributed by atoms with Gasteiger partial charge >= 0.3 is 0 Å². The molecule has 1 saturated carbocycles. The van der Waals surface area contributed by atoms with Crippen molar-refractivity contribution in [1.29, 1.82) is 0 Å². The van der Waals surface area contributed by atoms with Crippen molar-refractivity contribution in [3.63, 3.8) is 0 Å². The van der Waals surface area contributed by atoms with Crippen LogP contribution in [0.1, 0.15) is 50.2 Å². The Hall–Kier alpha value is -1.60. The maximum Gasteiger partial charge on any atom is 0.118 e. The summed E-state index contributed by atoms with van der Waals surface area (Å²) in [6, 6.07) is 20.7. The van der Waals surface area contributed by atoms with Gasteiger partial charge in [0.1, 0.15) is 8.07 Å². The molecule has 0 aliphatic heterocycles. The first-order valence-electron chi connectivity index (χ1n) is 9.55. The molecule has 2 aromatic rings. The Morgan fingerprint density at radius 1 is 0.833 bits per heavy atom. The van der Waals surface area contributed by atoms with Gasteiger partial charge in [-0.2, -0.15) is 0 Å². The van der Waals surface area contributed by atoms with Crippen LogP contribution in [0.3, 0.4) is 0 Å². The molecule has 0 saturated heterocycles. The topological polar surface area (TPSA) is 0 Å². The highest BCUT2D eigenvalue weighted by Gasteiger charge is 2.45. The van der Waals surface area contributed by atoms with Gasteiger partial charge in [0, 0.05) is 0 Å². The van der Waals surface area contributed by atoms with Crippen LogP contribution < -0.4 is 5.19 Å². The van der Waals surface area contributed by atoms with Gasteiger partial charge in [-0.05, 0) is 35.2 Å². The second-order valence-electron chi connectivity index (χ2n) is 7.89. The first-order chi connectivity index (χ1) is 11.7. The summed E-state index contributed by atoms with van der Waals surface area (Å²) >= 11 is 0. The molecule has 124 valence electrons. The lowest BCUT2D eigenvalue weighted by Crippen LogP contribution is -2.51. The summed E-state index contributed by atoms with van der Waals surface area (Å²) in [5.74, 6) is 0. The molecule has 2 aromatic carbocycles. The van der Waals surface area contributed by atoms with Gasteiger partial charge in [-0.1, -0.05) is 104 Å². The van der Waals surface area contributed by atoms with E-state index < -0.39 is 8.07 Å². The largest absolute Gasteiger partial charge is 0.118 e. The second kappa shape index (κ2) is 6.37. The predicted molar refractivity (Wildman–Crippen MR) is 107 cm³/mol. The van der Waals surface area contributed by atoms with E-state index in [1.165, 1.54) is 32.1 Å². The molecule has 1 atom stereocenters. The molecule has 0 aromatic heterocycles. The third-order valence-electron chi connectivity index (χ3n) is 6.48. The van der Waals surface area contributed by atoms with E-state index in [4.69, 9.17) is 0 Å². The van der Waals surface area contributed by atoms with Gasteiger partial charge in [0.05, 0.1) is 0 Å². The Morgan fingerprint density at radius 3 is 2.25 bits per heavy atom. The summed E-state index contributed by atoms with van der Waals surface area (Å²) < 4.78 is 0. The molecule has 0 spiro atoms. The molecule has 24 heavy (non-hydrogen) atoms. The van der Waals surface area contributed by atoms with E-state index in [0.29, 0.717) is 0 Å². The van der Waals surface area contributed by atoms with Crippen molar-refractivity contribution in [1.82, 2.24) is 0 Å². The Balaban J connectivity index is 1.89. The summed E-state index contributed by atoms with van der Waals surface area (Å²) in [5.41, 5.74) is 5.65. The van der Waals surface area contributed by atoms with E-state index >= 15 is 0 Å². The van der Waals surface area contributed by atoms with Crippen LogP contribution in [0.5, 0.6) is 0 Å². The van der Waals surface area contributed by atoms with Crippen molar-refractivity contribution >= 4 is 18.5 Å². The SMILES string of the molecule is CC1=C([Si](C)(c2ccccc2)C2CCCCC2)c2ccccc2C1. The Kier molecular flexibility index (Phi) is 4.22. The summed E-state index contributed by atoms with van der Waals surface area (Å²) in [6.07, 6.45) is 8.30. The molecule has 2 aliphatic rings. The normalized spacial score (nSPS) is 20.8. The number of rotatable bonds is 3. The molecule has 0 nitrogen and oxygen atoms in total. The summed E-state index contributed by atoms with van der Waals surface area (Å²) in [4.78, 5) is 0. The fourth-order valence-electron chi connectivity index (χ4n) is 5.29. The van der Waals surface area contributed by atoms with Crippen LogP contribution in [0, 0.1) is 0 Å². The first kappa shape index (κ1) is 15.9. The van der Waals surface area contributed by atoms with E-state index in [0.717, 1.165) is 12.0 Å². The Bertz CT molecular complexity index is 753. The third kappa shape index (κ3) is 2.50. The zero-order valence-electron chi connectivity index (χ0n) is 15.0. The molecule has 1 heteroatoms. The van der Waals surface area contributed by atoms with Crippen LogP contribution in [0.4, 0.5) is 0 Å².